The molecular weight excluding hydrogens is 314 g/mol. The fourth-order valence-electron chi connectivity index (χ4n) is 3.51. The molecule has 5 heteroatoms. The van der Waals surface area contributed by atoms with Gasteiger partial charge in [0.05, 0.1) is 12.0 Å². The molecule has 5 nitrogen and oxygen atoms in total. The molecule has 25 heavy (non-hydrogen) atoms. The van der Waals surface area contributed by atoms with Crippen LogP contribution in [0.1, 0.15) is 58.8 Å². The Morgan fingerprint density at radius 2 is 2.00 bits per heavy atom. The van der Waals surface area contributed by atoms with Gasteiger partial charge in [-0.3, -0.25) is 14.2 Å². The first-order valence-corrected chi connectivity index (χ1v) is 8.96. The molecule has 0 spiro atoms. The molecule has 2 aromatic rings. The van der Waals surface area contributed by atoms with Crippen molar-refractivity contribution in [3.8, 4) is 0 Å². The first-order valence-electron chi connectivity index (χ1n) is 8.96. The van der Waals surface area contributed by atoms with Crippen molar-refractivity contribution in [2.75, 3.05) is 6.54 Å². The minimum absolute atomic E-state index is 0.0438. The van der Waals surface area contributed by atoms with Crippen LogP contribution < -0.4 is 10.9 Å². The highest BCUT2D eigenvalue weighted by Gasteiger charge is 2.19. The quantitative estimate of drug-likeness (QED) is 0.911. The average Bonchev–Trinajstić information content (AvgIpc) is 3.10. The lowest BCUT2D eigenvalue weighted by Gasteiger charge is -2.11. The van der Waals surface area contributed by atoms with E-state index in [4.69, 9.17) is 0 Å². The topological polar surface area (TPSA) is 64.0 Å². The molecule has 1 heterocycles. The van der Waals surface area contributed by atoms with Crippen molar-refractivity contribution in [2.24, 2.45) is 0 Å². The molecule has 0 bridgehead atoms. The van der Waals surface area contributed by atoms with Gasteiger partial charge in [-0.05, 0) is 38.3 Å². The second kappa shape index (κ2) is 7.64. The van der Waals surface area contributed by atoms with Crippen LogP contribution in [0.15, 0.2) is 35.4 Å². The Kier molecular flexibility index (Phi) is 5.31. The predicted molar refractivity (Wildman–Crippen MR) is 98.0 cm³/mol. The molecular formula is C20H25N3O2. The van der Waals surface area contributed by atoms with Crippen LogP contribution in [0.25, 0.3) is 0 Å². The first-order chi connectivity index (χ1) is 12.0. The van der Waals surface area contributed by atoms with Crippen LogP contribution in [0, 0.1) is 13.8 Å². The Morgan fingerprint density at radius 1 is 1.24 bits per heavy atom. The molecule has 3 rings (SSSR count). The number of carbonyl (C=O) groups is 1. The lowest BCUT2D eigenvalue weighted by molar-refractivity contribution is 0.0951. The maximum Gasteiger partial charge on any atom is 0.253 e. The molecule has 0 unspecified atom stereocenters. The van der Waals surface area contributed by atoms with E-state index in [1.807, 2.05) is 32.0 Å². The highest BCUT2D eigenvalue weighted by atomic mass is 16.1. The lowest BCUT2D eigenvalue weighted by atomic mass is 10.0. The standard InChI is InChI=1S/C20H25N3O2/c1-14-7-8-17(15(2)11-14)20(25)21-9-10-23-13-22-18(12-19(23)24)16-5-3-4-6-16/h7-8,11-13,16H,3-6,9-10H2,1-2H3,(H,21,25). The van der Waals surface area contributed by atoms with Crippen LogP contribution in [0.5, 0.6) is 0 Å². The molecule has 1 saturated carbocycles. The number of amides is 1. The molecule has 1 amide bonds. The van der Waals surface area contributed by atoms with Gasteiger partial charge in [0.1, 0.15) is 0 Å². The summed E-state index contributed by atoms with van der Waals surface area (Å²) < 4.78 is 1.56. The third-order valence-electron chi connectivity index (χ3n) is 4.94. The van der Waals surface area contributed by atoms with Crippen LogP contribution in [0.3, 0.4) is 0 Å². The number of carbonyl (C=O) groups excluding carboxylic acids is 1. The molecule has 1 aliphatic carbocycles. The summed E-state index contributed by atoms with van der Waals surface area (Å²) in [6.07, 6.45) is 6.31. The van der Waals surface area contributed by atoms with E-state index in [0.29, 0.717) is 24.6 Å². The summed E-state index contributed by atoms with van der Waals surface area (Å²) in [6.45, 7) is 4.76. The minimum Gasteiger partial charge on any atom is -0.350 e. The number of rotatable bonds is 5. The van der Waals surface area contributed by atoms with Crippen LogP contribution in [0.2, 0.25) is 0 Å². The van der Waals surface area contributed by atoms with E-state index in [9.17, 15) is 9.59 Å². The molecule has 0 aliphatic heterocycles. The summed E-state index contributed by atoms with van der Waals surface area (Å²) in [5.74, 6) is 0.327. The van der Waals surface area contributed by atoms with Gasteiger partial charge in [0.2, 0.25) is 0 Å². The summed E-state index contributed by atoms with van der Waals surface area (Å²) in [5, 5.41) is 2.88. The van der Waals surface area contributed by atoms with Gasteiger partial charge in [0, 0.05) is 30.6 Å². The zero-order chi connectivity index (χ0) is 17.8. The van der Waals surface area contributed by atoms with E-state index in [0.717, 1.165) is 29.7 Å². The van der Waals surface area contributed by atoms with Crippen molar-refractivity contribution in [1.29, 1.82) is 0 Å². The van der Waals surface area contributed by atoms with Crippen LogP contribution in [-0.2, 0) is 6.54 Å². The Bertz CT molecular complexity index is 820. The Hall–Kier alpha value is -2.43. The number of aromatic nitrogens is 2. The number of benzene rings is 1. The minimum atomic E-state index is -0.110. The number of hydrogen-bond acceptors (Lipinski definition) is 3. The van der Waals surface area contributed by atoms with Gasteiger partial charge in [0.25, 0.3) is 11.5 Å². The molecule has 132 valence electrons. The highest BCUT2D eigenvalue weighted by Crippen LogP contribution is 2.32. The van der Waals surface area contributed by atoms with Gasteiger partial charge >= 0.3 is 0 Å². The maximum atomic E-state index is 12.3. The number of nitrogens with zero attached hydrogens (tertiary/aromatic N) is 2. The molecule has 0 saturated heterocycles. The summed E-state index contributed by atoms with van der Waals surface area (Å²) >= 11 is 0. The molecule has 0 radical (unpaired) electrons. The number of aryl methyl sites for hydroxylation is 2. The Morgan fingerprint density at radius 3 is 2.68 bits per heavy atom. The van der Waals surface area contributed by atoms with Crippen molar-refractivity contribution >= 4 is 5.91 Å². The molecule has 1 aromatic carbocycles. The van der Waals surface area contributed by atoms with E-state index >= 15 is 0 Å². The van der Waals surface area contributed by atoms with Crippen LogP contribution >= 0.6 is 0 Å². The normalized spacial score (nSPS) is 14.6. The van der Waals surface area contributed by atoms with Crippen LogP contribution in [-0.4, -0.2) is 22.0 Å². The Balaban J connectivity index is 1.58. The van der Waals surface area contributed by atoms with Crippen molar-refractivity contribution in [3.63, 3.8) is 0 Å². The number of hydrogen-bond donors (Lipinski definition) is 1. The van der Waals surface area contributed by atoms with Crippen molar-refractivity contribution in [1.82, 2.24) is 14.9 Å². The van der Waals surface area contributed by atoms with Crippen molar-refractivity contribution in [2.45, 2.75) is 52.0 Å². The lowest BCUT2D eigenvalue weighted by Crippen LogP contribution is -2.31. The van der Waals surface area contributed by atoms with E-state index in [2.05, 4.69) is 10.3 Å². The molecule has 0 atom stereocenters. The maximum absolute atomic E-state index is 12.3. The Labute approximate surface area is 148 Å². The summed E-state index contributed by atoms with van der Waals surface area (Å²) in [5.41, 5.74) is 3.63. The second-order valence-corrected chi connectivity index (χ2v) is 6.90. The van der Waals surface area contributed by atoms with Crippen molar-refractivity contribution in [3.05, 3.63) is 63.3 Å². The largest absolute Gasteiger partial charge is 0.350 e. The number of nitrogens with one attached hydrogen (secondary N) is 1. The van der Waals surface area contributed by atoms with Gasteiger partial charge in [-0.25, -0.2) is 4.98 Å². The van der Waals surface area contributed by atoms with Gasteiger partial charge in [-0.1, -0.05) is 30.5 Å². The summed E-state index contributed by atoms with van der Waals surface area (Å²) in [4.78, 5) is 29.0. The molecule has 1 aromatic heterocycles. The van der Waals surface area contributed by atoms with E-state index < -0.39 is 0 Å². The van der Waals surface area contributed by atoms with E-state index in [-0.39, 0.29) is 11.5 Å². The van der Waals surface area contributed by atoms with Crippen molar-refractivity contribution < 1.29 is 4.79 Å². The molecule has 1 aliphatic rings. The van der Waals surface area contributed by atoms with Gasteiger partial charge in [-0.15, -0.1) is 0 Å². The molecule has 1 N–H and O–H groups in total. The first kappa shape index (κ1) is 17.4. The van der Waals surface area contributed by atoms with Gasteiger partial charge in [0.15, 0.2) is 0 Å². The zero-order valence-corrected chi connectivity index (χ0v) is 14.9. The van der Waals surface area contributed by atoms with Gasteiger partial charge in [-0.2, -0.15) is 0 Å². The third kappa shape index (κ3) is 4.16. The fourth-order valence-corrected chi connectivity index (χ4v) is 3.51. The summed E-state index contributed by atoms with van der Waals surface area (Å²) in [7, 11) is 0. The monoisotopic (exact) mass is 339 g/mol. The smallest absolute Gasteiger partial charge is 0.253 e. The summed E-state index contributed by atoms with van der Waals surface area (Å²) in [6, 6.07) is 7.41. The highest BCUT2D eigenvalue weighted by molar-refractivity contribution is 5.95. The van der Waals surface area contributed by atoms with Crippen LogP contribution in [0.4, 0.5) is 0 Å². The molecule has 1 fully saturated rings. The third-order valence-corrected chi connectivity index (χ3v) is 4.94. The van der Waals surface area contributed by atoms with E-state index in [1.54, 1.807) is 17.0 Å². The second-order valence-electron chi connectivity index (χ2n) is 6.90. The van der Waals surface area contributed by atoms with Gasteiger partial charge < -0.3 is 5.32 Å². The predicted octanol–water partition coefficient (Wildman–Crippen LogP) is 2.95. The fraction of sp³-hybridized carbons (Fsp3) is 0.450. The SMILES string of the molecule is Cc1ccc(C(=O)NCCn2cnc(C3CCCC3)cc2=O)c(C)c1. The average molecular weight is 339 g/mol. The zero-order valence-electron chi connectivity index (χ0n) is 14.9. The van der Waals surface area contributed by atoms with E-state index in [1.165, 1.54) is 12.8 Å².